The normalized spacial score (nSPS) is 16.6. The zero-order chi connectivity index (χ0) is 19.7. The Labute approximate surface area is 161 Å². The van der Waals surface area contributed by atoms with Gasteiger partial charge in [0.2, 0.25) is 11.6 Å². The molecule has 8 nitrogen and oxygen atoms in total. The lowest BCUT2D eigenvalue weighted by Gasteiger charge is -2.26. The highest BCUT2D eigenvalue weighted by Crippen LogP contribution is 2.21. The Morgan fingerprint density at radius 3 is 2.52 bits per heavy atom. The molecule has 2 heterocycles. The largest absolute Gasteiger partial charge is 0.446 e. The van der Waals surface area contributed by atoms with Gasteiger partial charge in [-0.3, -0.25) is 4.79 Å². The standard InChI is InChI=1S/C18H20N5O3S/c1-11(2)23(12-8-6-5-7-9-12)13(24)10-27-17-19-14-15(20-17)21(3)18(26)22(4)16(14)25/h5-9,11H,10H2,1-4H3/q+1. The summed E-state index contributed by atoms with van der Waals surface area (Å²) in [6, 6.07) is 8.96. The third kappa shape index (κ3) is 3.55. The van der Waals surface area contributed by atoms with E-state index in [1.54, 1.807) is 4.90 Å². The first-order valence-electron chi connectivity index (χ1n) is 8.41. The van der Waals surface area contributed by atoms with Gasteiger partial charge in [0.25, 0.3) is 5.17 Å². The Kier molecular flexibility index (Phi) is 5.22. The molecule has 1 aromatic rings. The van der Waals surface area contributed by atoms with Crippen molar-refractivity contribution in [3.05, 3.63) is 30.3 Å². The molecule has 2 aliphatic heterocycles. The van der Waals surface area contributed by atoms with E-state index >= 15 is 0 Å². The third-order valence-corrected chi connectivity index (χ3v) is 5.00. The molecule has 0 saturated heterocycles. The lowest BCUT2D eigenvalue weighted by molar-refractivity contribution is -0.401. The van der Waals surface area contributed by atoms with Gasteiger partial charge in [0, 0.05) is 11.7 Å². The van der Waals surface area contributed by atoms with E-state index in [4.69, 9.17) is 0 Å². The molecule has 3 rings (SSSR count). The van der Waals surface area contributed by atoms with Crippen LogP contribution in [0.4, 0.5) is 10.5 Å². The van der Waals surface area contributed by atoms with E-state index in [-0.39, 0.29) is 29.2 Å². The maximum absolute atomic E-state index is 12.7. The number of nitrogens with zero attached hydrogens (tertiary/aromatic N) is 5. The molecule has 0 fully saturated rings. The fourth-order valence-electron chi connectivity index (χ4n) is 2.83. The van der Waals surface area contributed by atoms with Crippen LogP contribution in [0.25, 0.3) is 0 Å². The number of rotatable bonds is 4. The topological polar surface area (TPSA) is 85.4 Å². The zero-order valence-electron chi connectivity index (χ0n) is 15.5. The average Bonchev–Trinajstić information content (AvgIpc) is 3.08. The van der Waals surface area contributed by atoms with Gasteiger partial charge in [0.15, 0.2) is 0 Å². The van der Waals surface area contributed by atoms with Gasteiger partial charge >= 0.3 is 17.8 Å². The number of benzene rings is 1. The monoisotopic (exact) mass is 386 g/mol. The number of anilines is 1. The first-order chi connectivity index (χ1) is 12.8. The molecular formula is C18H20N5O3S+. The molecule has 4 amide bonds. The summed E-state index contributed by atoms with van der Waals surface area (Å²) in [6.45, 7) is 3.89. The molecule has 0 bridgehead atoms. The number of carbonyl (C=O) groups excluding carboxylic acids is 3. The quantitative estimate of drug-likeness (QED) is 0.736. The molecule has 27 heavy (non-hydrogen) atoms. The second-order valence-corrected chi connectivity index (χ2v) is 7.31. The summed E-state index contributed by atoms with van der Waals surface area (Å²) in [4.78, 5) is 48.1. The Balaban J connectivity index is 1.76. The molecule has 0 saturated carbocycles. The van der Waals surface area contributed by atoms with Crippen LogP contribution in [0.5, 0.6) is 0 Å². The highest BCUT2D eigenvalue weighted by molar-refractivity contribution is 8.14. The van der Waals surface area contributed by atoms with Gasteiger partial charge in [-0.15, -0.1) is 0 Å². The van der Waals surface area contributed by atoms with E-state index in [1.807, 2.05) is 44.2 Å². The summed E-state index contributed by atoms with van der Waals surface area (Å²) in [7, 11) is 2.93. The highest BCUT2D eigenvalue weighted by Gasteiger charge is 2.44. The van der Waals surface area contributed by atoms with Gasteiger partial charge in [-0.1, -0.05) is 35.0 Å². The molecule has 0 radical (unpaired) electrons. The van der Waals surface area contributed by atoms with Crippen molar-refractivity contribution >= 4 is 52.0 Å². The van der Waals surface area contributed by atoms with Gasteiger partial charge in [0.05, 0.1) is 19.8 Å². The van der Waals surface area contributed by atoms with Crippen molar-refractivity contribution < 1.29 is 19.0 Å². The van der Waals surface area contributed by atoms with Crippen molar-refractivity contribution in [2.24, 2.45) is 9.98 Å². The number of hydrogen-bond donors (Lipinski definition) is 0. The van der Waals surface area contributed by atoms with Crippen LogP contribution in [0, 0.1) is 0 Å². The number of hydrogen-bond acceptors (Lipinski definition) is 6. The first-order valence-corrected chi connectivity index (χ1v) is 9.40. The zero-order valence-corrected chi connectivity index (χ0v) is 16.4. The van der Waals surface area contributed by atoms with E-state index in [2.05, 4.69) is 9.98 Å². The number of urea groups is 1. The Hall–Kier alpha value is -2.81. The number of aliphatic imine (C=N–C) groups is 2. The minimum atomic E-state index is -0.494. The van der Waals surface area contributed by atoms with Gasteiger partial charge in [-0.2, -0.15) is 14.5 Å². The summed E-state index contributed by atoms with van der Waals surface area (Å²) >= 11 is 1.15. The Bertz CT molecular complexity index is 905. The van der Waals surface area contributed by atoms with Crippen molar-refractivity contribution in [1.82, 2.24) is 4.90 Å². The molecule has 0 N–H and O–H groups in total. The molecule has 0 atom stereocenters. The third-order valence-electron chi connectivity index (χ3n) is 4.16. The lowest BCUT2D eigenvalue weighted by atomic mass is 10.2. The van der Waals surface area contributed by atoms with Crippen LogP contribution in [0.1, 0.15) is 13.8 Å². The lowest BCUT2D eigenvalue weighted by Crippen LogP contribution is -2.51. The number of para-hydroxylation sites is 1. The maximum Gasteiger partial charge on any atom is 0.446 e. The van der Waals surface area contributed by atoms with Crippen LogP contribution in [0.2, 0.25) is 0 Å². The van der Waals surface area contributed by atoms with Crippen molar-refractivity contribution in [3.63, 3.8) is 0 Å². The summed E-state index contributed by atoms with van der Waals surface area (Å²) in [6.07, 6.45) is 0. The molecule has 0 aliphatic carbocycles. The van der Waals surface area contributed by atoms with Crippen LogP contribution in [-0.4, -0.2) is 69.9 Å². The smallest absolute Gasteiger partial charge is 0.309 e. The number of amides is 4. The van der Waals surface area contributed by atoms with E-state index < -0.39 is 11.9 Å². The van der Waals surface area contributed by atoms with Gasteiger partial charge in [-0.05, 0) is 26.0 Å². The molecular weight excluding hydrogens is 366 g/mol. The molecule has 9 heteroatoms. The Morgan fingerprint density at radius 2 is 1.89 bits per heavy atom. The van der Waals surface area contributed by atoms with E-state index in [0.717, 1.165) is 22.3 Å². The number of amidine groups is 2. The first kappa shape index (κ1) is 19.0. The van der Waals surface area contributed by atoms with Gasteiger partial charge in [-0.25, -0.2) is 9.59 Å². The van der Waals surface area contributed by atoms with Crippen LogP contribution in [-0.2, 0) is 9.59 Å². The maximum atomic E-state index is 12.7. The predicted octanol–water partition coefficient (Wildman–Crippen LogP) is 1.60. The number of fused-ring (bicyclic) bond motifs is 1. The fourth-order valence-corrected chi connectivity index (χ4v) is 3.53. The minimum Gasteiger partial charge on any atom is -0.309 e. The van der Waals surface area contributed by atoms with Crippen LogP contribution in [0.3, 0.4) is 0 Å². The number of imide groups is 1. The molecule has 0 spiro atoms. The van der Waals surface area contributed by atoms with E-state index in [9.17, 15) is 14.4 Å². The van der Waals surface area contributed by atoms with Gasteiger partial charge < -0.3 is 4.90 Å². The minimum absolute atomic E-state index is 0.00623. The highest BCUT2D eigenvalue weighted by atomic mass is 32.2. The van der Waals surface area contributed by atoms with Crippen molar-refractivity contribution in [3.8, 4) is 0 Å². The Morgan fingerprint density at radius 1 is 1.22 bits per heavy atom. The van der Waals surface area contributed by atoms with Crippen molar-refractivity contribution in [1.29, 1.82) is 0 Å². The fraction of sp³-hybridized carbons (Fsp3) is 0.333. The van der Waals surface area contributed by atoms with Crippen LogP contribution in [0.15, 0.2) is 40.3 Å². The number of carbonyl (C=O) groups is 3. The van der Waals surface area contributed by atoms with Gasteiger partial charge in [0.1, 0.15) is 0 Å². The van der Waals surface area contributed by atoms with E-state index in [1.165, 1.54) is 18.7 Å². The molecule has 140 valence electrons. The predicted molar refractivity (Wildman–Crippen MR) is 106 cm³/mol. The second kappa shape index (κ2) is 7.43. The molecule has 0 aromatic heterocycles. The van der Waals surface area contributed by atoms with Crippen LogP contribution >= 0.6 is 11.8 Å². The van der Waals surface area contributed by atoms with Crippen molar-refractivity contribution in [2.75, 3.05) is 24.7 Å². The van der Waals surface area contributed by atoms with Crippen LogP contribution < -0.4 is 4.90 Å². The second-order valence-electron chi connectivity index (χ2n) is 6.37. The SMILES string of the molecule is CC(C)N(C(=O)CSC1=NC2=[N+](C)C(=O)N(C)C(=O)C2=N1)c1ccccc1. The summed E-state index contributed by atoms with van der Waals surface area (Å²) in [5.74, 6) is -0.233. The average molecular weight is 386 g/mol. The molecule has 0 unspecified atom stereocenters. The van der Waals surface area contributed by atoms with Crippen molar-refractivity contribution in [2.45, 2.75) is 19.9 Å². The summed E-state index contributed by atoms with van der Waals surface area (Å²) < 4.78 is 1.28. The summed E-state index contributed by atoms with van der Waals surface area (Å²) in [5.41, 5.74) is 0.946. The molecule has 2 aliphatic rings. The number of thioether (sulfide) groups is 1. The summed E-state index contributed by atoms with van der Waals surface area (Å²) in [5, 5.41) is 0.299. The molecule has 1 aromatic carbocycles. The van der Waals surface area contributed by atoms with E-state index in [0.29, 0.717) is 5.17 Å².